The third kappa shape index (κ3) is 7.07. The predicted molar refractivity (Wildman–Crippen MR) is 71.5 cm³/mol. The van der Waals surface area contributed by atoms with Crippen LogP contribution in [0.2, 0.25) is 5.02 Å². The van der Waals surface area contributed by atoms with Gasteiger partial charge in [-0.25, -0.2) is 0 Å². The molecule has 1 aromatic rings. The molecule has 0 aliphatic carbocycles. The van der Waals surface area contributed by atoms with Gasteiger partial charge < -0.3 is 10.1 Å². The molecule has 16 heavy (non-hydrogen) atoms. The monoisotopic (exact) mass is 263 g/mol. The van der Waals surface area contributed by atoms with Crippen LogP contribution in [0.4, 0.5) is 0 Å². The molecule has 0 aliphatic heterocycles. The van der Waals surface area contributed by atoms with Gasteiger partial charge in [0.2, 0.25) is 0 Å². The molecule has 0 heterocycles. The molecule has 0 fully saturated rings. The Bertz CT molecular complexity index is 264. The van der Waals surface area contributed by atoms with Crippen molar-refractivity contribution < 1.29 is 4.74 Å². The molecule has 0 radical (unpaired) electrons. The molecule has 0 aliphatic rings. The fourth-order valence-corrected chi connectivity index (χ4v) is 1.40. The van der Waals surface area contributed by atoms with E-state index in [9.17, 15) is 0 Å². The Balaban J connectivity index is 0.00000225. The summed E-state index contributed by atoms with van der Waals surface area (Å²) in [5, 5.41) is 4.14. The molecule has 92 valence electrons. The van der Waals surface area contributed by atoms with Crippen LogP contribution in [0, 0.1) is 0 Å². The van der Waals surface area contributed by atoms with Crippen LogP contribution < -0.4 is 5.32 Å². The predicted octanol–water partition coefficient (Wildman–Crippen LogP) is 3.28. The van der Waals surface area contributed by atoms with E-state index in [1.54, 1.807) is 0 Å². The van der Waals surface area contributed by atoms with Crippen LogP contribution in [0.5, 0.6) is 0 Å². The molecule has 1 aromatic carbocycles. The topological polar surface area (TPSA) is 21.3 Å². The summed E-state index contributed by atoms with van der Waals surface area (Å²) >= 11 is 5.79. The van der Waals surface area contributed by atoms with E-state index >= 15 is 0 Å². The Hall–Kier alpha value is -0.280. The highest BCUT2D eigenvalue weighted by molar-refractivity contribution is 6.30. The van der Waals surface area contributed by atoms with Crippen molar-refractivity contribution >= 4 is 24.0 Å². The minimum Gasteiger partial charge on any atom is -0.382 e. The molecule has 1 rings (SSSR count). The average Bonchev–Trinajstić information content (AvgIpc) is 2.26. The van der Waals surface area contributed by atoms with Gasteiger partial charge in [0, 0.05) is 24.8 Å². The average molecular weight is 264 g/mol. The number of rotatable bonds is 7. The van der Waals surface area contributed by atoms with E-state index in [0.29, 0.717) is 0 Å². The highest BCUT2D eigenvalue weighted by Crippen LogP contribution is 2.08. The van der Waals surface area contributed by atoms with Gasteiger partial charge in [-0.1, -0.05) is 23.7 Å². The molecule has 0 saturated carbocycles. The molecule has 0 saturated heterocycles. The van der Waals surface area contributed by atoms with Crippen LogP contribution >= 0.6 is 24.0 Å². The van der Waals surface area contributed by atoms with Crippen LogP contribution in [0.15, 0.2) is 24.3 Å². The van der Waals surface area contributed by atoms with E-state index in [4.69, 9.17) is 16.3 Å². The lowest BCUT2D eigenvalue weighted by Gasteiger charge is -2.05. The summed E-state index contributed by atoms with van der Waals surface area (Å²) in [6.07, 6.45) is 1.06. The second-order valence-electron chi connectivity index (χ2n) is 3.35. The van der Waals surface area contributed by atoms with Crippen molar-refractivity contribution in [3.05, 3.63) is 34.9 Å². The van der Waals surface area contributed by atoms with E-state index in [-0.39, 0.29) is 12.4 Å². The van der Waals surface area contributed by atoms with E-state index in [2.05, 4.69) is 5.32 Å². The lowest BCUT2D eigenvalue weighted by molar-refractivity contribution is 0.144. The Morgan fingerprint density at radius 2 is 1.94 bits per heavy atom. The standard InChI is InChI=1S/C12H18ClNO.ClH/c1-2-15-9-3-8-14-10-11-4-6-12(13)7-5-11;/h4-7,14H,2-3,8-10H2,1H3;1H. The molecule has 0 bridgehead atoms. The maximum absolute atomic E-state index is 5.79. The zero-order chi connectivity index (χ0) is 10.9. The van der Waals surface area contributed by atoms with Crippen LogP contribution in [-0.4, -0.2) is 19.8 Å². The summed E-state index contributed by atoms with van der Waals surface area (Å²) in [4.78, 5) is 0. The molecule has 4 heteroatoms. The second kappa shape index (κ2) is 9.91. The first-order valence-electron chi connectivity index (χ1n) is 5.36. The SMILES string of the molecule is CCOCCCNCc1ccc(Cl)cc1.Cl. The number of halogens is 2. The Labute approximate surface area is 109 Å². The molecular formula is C12H19Cl2NO. The van der Waals surface area contributed by atoms with Gasteiger partial charge in [-0.3, -0.25) is 0 Å². The third-order valence-electron chi connectivity index (χ3n) is 2.09. The van der Waals surface area contributed by atoms with E-state index in [1.807, 2.05) is 31.2 Å². The molecule has 0 spiro atoms. The van der Waals surface area contributed by atoms with Gasteiger partial charge in [-0.2, -0.15) is 0 Å². The molecule has 0 unspecified atom stereocenters. The normalized spacial score (nSPS) is 9.88. The van der Waals surface area contributed by atoms with Crippen LogP contribution in [0.25, 0.3) is 0 Å². The van der Waals surface area contributed by atoms with Gasteiger partial charge in [0.05, 0.1) is 0 Å². The van der Waals surface area contributed by atoms with E-state index in [1.165, 1.54) is 5.56 Å². The van der Waals surface area contributed by atoms with Crippen molar-refractivity contribution in [1.82, 2.24) is 5.32 Å². The zero-order valence-electron chi connectivity index (χ0n) is 9.54. The van der Waals surface area contributed by atoms with Crippen LogP contribution in [0.1, 0.15) is 18.9 Å². The maximum Gasteiger partial charge on any atom is 0.0477 e. The third-order valence-corrected chi connectivity index (χ3v) is 2.34. The quantitative estimate of drug-likeness (QED) is 0.763. The van der Waals surface area contributed by atoms with Crippen molar-refractivity contribution in [2.75, 3.05) is 19.8 Å². The molecular weight excluding hydrogens is 245 g/mol. The summed E-state index contributed by atoms with van der Waals surface area (Å²) in [7, 11) is 0. The van der Waals surface area contributed by atoms with Gasteiger partial charge in [-0.15, -0.1) is 12.4 Å². The Morgan fingerprint density at radius 1 is 1.25 bits per heavy atom. The minimum absolute atomic E-state index is 0. The van der Waals surface area contributed by atoms with Crippen molar-refractivity contribution in [3.8, 4) is 0 Å². The van der Waals surface area contributed by atoms with Crippen LogP contribution in [-0.2, 0) is 11.3 Å². The van der Waals surface area contributed by atoms with Gasteiger partial charge in [0.1, 0.15) is 0 Å². The first-order chi connectivity index (χ1) is 7.33. The highest BCUT2D eigenvalue weighted by atomic mass is 35.5. The van der Waals surface area contributed by atoms with Gasteiger partial charge in [0.25, 0.3) is 0 Å². The zero-order valence-corrected chi connectivity index (χ0v) is 11.1. The fourth-order valence-electron chi connectivity index (χ4n) is 1.28. The Morgan fingerprint density at radius 3 is 2.56 bits per heavy atom. The fraction of sp³-hybridized carbons (Fsp3) is 0.500. The lowest BCUT2D eigenvalue weighted by atomic mass is 10.2. The smallest absolute Gasteiger partial charge is 0.0477 e. The first-order valence-corrected chi connectivity index (χ1v) is 5.73. The largest absolute Gasteiger partial charge is 0.382 e. The summed E-state index contributed by atoms with van der Waals surface area (Å²) in [6.45, 7) is 5.54. The number of ether oxygens (including phenoxy) is 1. The Kier molecular flexibility index (Phi) is 9.74. The van der Waals surface area contributed by atoms with Gasteiger partial charge in [0.15, 0.2) is 0 Å². The summed E-state index contributed by atoms with van der Waals surface area (Å²) in [5.74, 6) is 0. The second-order valence-corrected chi connectivity index (χ2v) is 3.79. The number of benzene rings is 1. The van der Waals surface area contributed by atoms with Crippen molar-refractivity contribution in [1.29, 1.82) is 0 Å². The van der Waals surface area contributed by atoms with E-state index in [0.717, 1.165) is 37.7 Å². The highest BCUT2D eigenvalue weighted by Gasteiger charge is 1.92. The van der Waals surface area contributed by atoms with Crippen molar-refractivity contribution in [2.24, 2.45) is 0 Å². The van der Waals surface area contributed by atoms with Gasteiger partial charge in [-0.05, 0) is 37.6 Å². The van der Waals surface area contributed by atoms with Crippen molar-refractivity contribution in [2.45, 2.75) is 19.9 Å². The van der Waals surface area contributed by atoms with Crippen LogP contribution in [0.3, 0.4) is 0 Å². The molecule has 0 atom stereocenters. The lowest BCUT2D eigenvalue weighted by Crippen LogP contribution is -2.16. The summed E-state index contributed by atoms with van der Waals surface area (Å²) < 4.78 is 5.24. The first kappa shape index (κ1) is 15.7. The van der Waals surface area contributed by atoms with Crippen molar-refractivity contribution in [3.63, 3.8) is 0 Å². The van der Waals surface area contributed by atoms with E-state index < -0.39 is 0 Å². The molecule has 0 aromatic heterocycles. The minimum atomic E-state index is 0. The molecule has 0 amide bonds. The summed E-state index contributed by atoms with van der Waals surface area (Å²) in [5.41, 5.74) is 1.26. The van der Waals surface area contributed by atoms with Gasteiger partial charge >= 0.3 is 0 Å². The number of hydrogen-bond donors (Lipinski definition) is 1. The number of nitrogens with one attached hydrogen (secondary N) is 1. The number of hydrogen-bond acceptors (Lipinski definition) is 2. The summed E-state index contributed by atoms with van der Waals surface area (Å²) in [6, 6.07) is 7.91. The molecule has 2 nitrogen and oxygen atoms in total. The molecule has 1 N–H and O–H groups in total. The maximum atomic E-state index is 5.79.